The van der Waals surface area contributed by atoms with Crippen LogP contribution in [0.1, 0.15) is 44.0 Å². The molecular formula is C39H32FN3O5S. The number of anilines is 2. The van der Waals surface area contributed by atoms with E-state index in [0.29, 0.717) is 22.5 Å². The van der Waals surface area contributed by atoms with Crippen LogP contribution < -0.4 is 16.0 Å². The van der Waals surface area contributed by atoms with Crippen molar-refractivity contribution in [1.29, 1.82) is 0 Å². The third kappa shape index (κ3) is 9.52. The van der Waals surface area contributed by atoms with Gasteiger partial charge in [-0.15, -0.1) is 11.8 Å². The number of rotatable bonds is 12. The number of nitrogens with one attached hydrogen (secondary N) is 3. The molecule has 0 aliphatic heterocycles. The first kappa shape index (κ1) is 34.3. The first-order chi connectivity index (χ1) is 23.8. The number of halogens is 1. The molecular weight excluding hydrogens is 642 g/mol. The first-order valence-corrected chi connectivity index (χ1v) is 16.2. The van der Waals surface area contributed by atoms with E-state index < -0.39 is 28.9 Å². The van der Waals surface area contributed by atoms with Crippen molar-refractivity contribution < 1.29 is 28.3 Å². The maximum Gasteiger partial charge on any atom is 0.338 e. The van der Waals surface area contributed by atoms with E-state index in [1.165, 1.54) is 36.0 Å². The molecule has 0 spiro atoms. The molecule has 0 aliphatic rings. The van der Waals surface area contributed by atoms with Crippen LogP contribution in [0.3, 0.4) is 0 Å². The van der Waals surface area contributed by atoms with E-state index in [2.05, 4.69) is 16.0 Å². The molecule has 5 aromatic carbocycles. The van der Waals surface area contributed by atoms with Gasteiger partial charge in [0.15, 0.2) is 0 Å². The van der Waals surface area contributed by atoms with Gasteiger partial charge in [-0.3, -0.25) is 14.4 Å². The summed E-state index contributed by atoms with van der Waals surface area (Å²) in [6.45, 7) is 2.00. The van der Waals surface area contributed by atoms with Gasteiger partial charge in [0, 0.05) is 27.4 Å². The molecule has 1 unspecified atom stereocenters. The maximum atomic E-state index is 14.5. The number of hydrogen-bond acceptors (Lipinski definition) is 6. The van der Waals surface area contributed by atoms with Crippen LogP contribution in [0.5, 0.6) is 0 Å². The van der Waals surface area contributed by atoms with E-state index in [-0.39, 0.29) is 23.8 Å². The zero-order valence-electron chi connectivity index (χ0n) is 26.4. The summed E-state index contributed by atoms with van der Waals surface area (Å²) in [6.07, 6.45) is 1.28. The van der Waals surface area contributed by atoms with Gasteiger partial charge in [0.25, 0.3) is 11.8 Å². The molecule has 5 rings (SSSR count). The molecule has 8 nitrogen and oxygen atoms in total. The van der Waals surface area contributed by atoms with E-state index in [1.807, 2.05) is 30.3 Å². The zero-order chi connectivity index (χ0) is 34.6. The standard InChI is InChI=1S/C39H32FN3O5S/c1-2-48-39(47)28-17-19-30(20-18-28)42-38(46)35(26-11-5-3-6-12-26)49-32-23-21-31(22-24-32)41-37(45)34(25-29-15-9-10-16-33(29)40)43-36(44)27-13-7-4-8-14-27/h3-25,35H,2H2,1H3,(H,41,45)(H,42,46)(H,43,44)/b34-25-. The number of carbonyl (C=O) groups excluding carboxylic acids is 4. The highest BCUT2D eigenvalue weighted by Crippen LogP contribution is 2.37. The monoisotopic (exact) mass is 673 g/mol. The molecule has 0 aromatic heterocycles. The van der Waals surface area contributed by atoms with Crippen molar-refractivity contribution in [3.63, 3.8) is 0 Å². The fourth-order valence-corrected chi connectivity index (χ4v) is 5.68. The van der Waals surface area contributed by atoms with Crippen molar-refractivity contribution in [2.75, 3.05) is 17.2 Å². The van der Waals surface area contributed by atoms with Crippen molar-refractivity contribution in [2.45, 2.75) is 17.1 Å². The Kier molecular flexibility index (Phi) is 11.7. The highest BCUT2D eigenvalue weighted by atomic mass is 32.2. The zero-order valence-corrected chi connectivity index (χ0v) is 27.2. The normalized spacial score (nSPS) is 11.6. The lowest BCUT2D eigenvalue weighted by Gasteiger charge is -2.18. The molecule has 5 aromatic rings. The maximum absolute atomic E-state index is 14.5. The van der Waals surface area contributed by atoms with Crippen molar-refractivity contribution in [3.05, 3.63) is 167 Å². The van der Waals surface area contributed by atoms with Crippen molar-refractivity contribution in [1.82, 2.24) is 5.32 Å². The van der Waals surface area contributed by atoms with E-state index in [9.17, 15) is 23.6 Å². The van der Waals surface area contributed by atoms with Gasteiger partial charge in [0.1, 0.15) is 16.8 Å². The first-order valence-electron chi connectivity index (χ1n) is 15.3. The Morgan fingerprint density at radius 3 is 1.96 bits per heavy atom. The average molecular weight is 674 g/mol. The number of thioether (sulfide) groups is 1. The summed E-state index contributed by atoms with van der Waals surface area (Å²) in [7, 11) is 0. The van der Waals surface area contributed by atoms with Crippen molar-refractivity contribution in [2.24, 2.45) is 0 Å². The second-order valence-corrected chi connectivity index (χ2v) is 11.8. The topological polar surface area (TPSA) is 114 Å². The Hall–Kier alpha value is -6.00. The Bertz CT molecular complexity index is 1950. The summed E-state index contributed by atoms with van der Waals surface area (Å²) in [5.41, 5.74) is 2.43. The van der Waals surface area contributed by atoms with Gasteiger partial charge in [-0.25, -0.2) is 9.18 Å². The number of carbonyl (C=O) groups is 4. The van der Waals surface area contributed by atoms with E-state index >= 15 is 0 Å². The van der Waals surface area contributed by atoms with Crippen LogP contribution in [0.2, 0.25) is 0 Å². The molecule has 246 valence electrons. The lowest BCUT2D eigenvalue weighted by Crippen LogP contribution is -2.30. The summed E-state index contributed by atoms with van der Waals surface area (Å²) in [5, 5.41) is 7.66. The van der Waals surface area contributed by atoms with Crippen LogP contribution in [-0.4, -0.2) is 30.3 Å². The largest absolute Gasteiger partial charge is 0.462 e. The lowest BCUT2D eigenvalue weighted by atomic mass is 10.1. The minimum Gasteiger partial charge on any atom is -0.462 e. The van der Waals surface area contributed by atoms with Crippen LogP contribution in [-0.2, 0) is 14.3 Å². The predicted octanol–water partition coefficient (Wildman–Crippen LogP) is 7.88. The number of esters is 1. The van der Waals surface area contributed by atoms with E-state index in [4.69, 9.17) is 4.74 Å². The summed E-state index contributed by atoms with van der Waals surface area (Å²) in [4.78, 5) is 52.6. The Morgan fingerprint density at radius 2 is 1.31 bits per heavy atom. The fourth-order valence-electron chi connectivity index (χ4n) is 4.65. The minimum atomic E-state index is -0.650. The molecule has 0 heterocycles. The van der Waals surface area contributed by atoms with Gasteiger partial charge < -0.3 is 20.7 Å². The number of ether oxygens (including phenoxy) is 1. The summed E-state index contributed by atoms with van der Waals surface area (Å²) in [6, 6.07) is 37.0. The highest BCUT2D eigenvalue weighted by Gasteiger charge is 2.23. The summed E-state index contributed by atoms with van der Waals surface area (Å²) < 4.78 is 19.5. The molecule has 0 aliphatic carbocycles. The van der Waals surface area contributed by atoms with Gasteiger partial charge in [-0.1, -0.05) is 66.7 Å². The van der Waals surface area contributed by atoms with Crippen molar-refractivity contribution in [3.8, 4) is 0 Å². The van der Waals surface area contributed by atoms with Crippen LogP contribution in [0.25, 0.3) is 6.08 Å². The molecule has 49 heavy (non-hydrogen) atoms. The van der Waals surface area contributed by atoms with Crippen LogP contribution >= 0.6 is 11.8 Å². The molecule has 0 fully saturated rings. The predicted molar refractivity (Wildman–Crippen MR) is 189 cm³/mol. The van der Waals surface area contributed by atoms with Crippen LogP contribution in [0.4, 0.5) is 15.8 Å². The van der Waals surface area contributed by atoms with Gasteiger partial charge in [-0.2, -0.15) is 0 Å². The van der Waals surface area contributed by atoms with Gasteiger partial charge in [0.2, 0.25) is 5.91 Å². The highest BCUT2D eigenvalue weighted by molar-refractivity contribution is 8.00. The van der Waals surface area contributed by atoms with E-state index in [1.54, 1.807) is 91.9 Å². The second kappa shape index (κ2) is 16.7. The SMILES string of the molecule is CCOC(=O)c1ccc(NC(=O)C(Sc2ccc(NC(=O)/C(=C/c3ccccc3F)NC(=O)c3ccccc3)cc2)c2ccccc2)cc1. The van der Waals surface area contributed by atoms with Crippen LogP contribution in [0, 0.1) is 5.82 Å². The number of benzene rings is 5. The summed E-state index contributed by atoms with van der Waals surface area (Å²) >= 11 is 1.32. The molecule has 3 amide bonds. The van der Waals surface area contributed by atoms with Gasteiger partial charge in [0.05, 0.1) is 12.2 Å². The van der Waals surface area contributed by atoms with Gasteiger partial charge >= 0.3 is 5.97 Å². The third-order valence-electron chi connectivity index (χ3n) is 7.10. The number of hydrogen-bond donors (Lipinski definition) is 3. The quantitative estimate of drug-likeness (QED) is 0.0706. The third-order valence-corrected chi connectivity index (χ3v) is 8.37. The lowest BCUT2D eigenvalue weighted by molar-refractivity contribution is -0.116. The summed E-state index contributed by atoms with van der Waals surface area (Å²) in [5.74, 6) is -2.43. The molecule has 10 heteroatoms. The molecule has 0 bridgehead atoms. The van der Waals surface area contributed by atoms with Gasteiger partial charge in [-0.05, 0) is 85.3 Å². The Morgan fingerprint density at radius 1 is 0.714 bits per heavy atom. The smallest absolute Gasteiger partial charge is 0.338 e. The Labute approximate surface area is 287 Å². The van der Waals surface area contributed by atoms with Crippen molar-refractivity contribution >= 4 is 52.9 Å². The molecule has 0 saturated carbocycles. The van der Waals surface area contributed by atoms with E-state index in [0.717, 1.165) is 10.5 Å². The second-order valence-electron chi connectivity index (χ2n) is 10.6. The Balaban J connectivity index is 1.31. The minimum absolute atomic E-state index is 0.132. The average Bonchev–Trinajstić information content (AvgIpc) is 3.13. The number of amides is 3. The fraction of sp³-hybridized carbons (Fsp3) is 0.0769. The molecule has 0 radical (unpaired) electrons. The molecule has 1 atom stereocenters. The molecule has 0 saturated heterocycles. The van der Waals surface area contributed by atoms with Crippen LogP contribution in [0.15, 0.2) is 144 Å². The molecule has 3 N–H and O–H groups in total.